The first-order valence-corrected chi connectivity index (χ1v) is 11.8. The lowest BCUT2D eigenvalue weighted by Crippen LogP contribution is -2.35. The molecule has 10 nitrogen and oxygen atoms in total. The second kappa shape index (κ2) is 8.63. The number of sulfonamides is 1. The Morgan fingerprint density at radius 1 is 1.16 bits per heavy atom. The zero-order valence-corrected chi connectivity index (χ0v) is 18.4. The number of carbonyl (C=O) groups excluding carboxylic acids is 3. The van der Waals surface area contributed by atoms with Crippen LogP contribution in [0.5, 0.6) is 0 Å². The van der Waals surface area contributed by atoms with Crippen LogP contribution in [0.1, 0.15) is 20.7 Å². The maximum absolute atomic E-state index is 12.4. The molecule has 0 bridgehead atoms. The molecule has 0 saturated carbocycles. The van der Waals surface area contributed by atoms with Crippen LogP contribution in [0.3, 0.4) is 0 Å². The van der Waals surface area contributed by atoms with E-state index in [1.165, 1.54) is 25.3 Å². The predicted molar refractivity (Wildman–Crippen MR) is 118 cm³/mol. The van der Waals surface area contributed by atoms with Crippen molar-refractivity contribution in [2.75, 3.05) is 36.2 Å². The van der Waals surface area contributed by atoms with E-state index in [4.69, 9.17) is 4.74 Å². The van der Waals surface area contributed by atoms with Crippen molar-refractivity contribution < 1.29 is 32.3 Å². The van der Waals surface area contributed by atoms with E-state index < -0.39 is 34.5 Å². The van der Waals surface area contributed by atoms with Crippen LogP contribution in [0.2, 0.25) is 0 Å². The Hall–Kier alpha value is -3.38. The molecule has 0 aromatic heterocycles. The van der Waals surface area contributed by atoms with Gasteiger partial charge in [-0.2, -0.15) is 0 Å². The highest BCUT2D eigenvalue weighted by molar-refractivity contribution is 8.15. The Bertz CT molecular complexity index is 1260. The second-order valence-corrected chi connectivity index (χ2v) is 9.52. The number of carbonyl (C=O) groups is 3. The SMILES string of the molecule is COC(=O)c1ccccc1NC(=O)COC(=O)c1ccc2c(c1)SC1=NS(=O)(=O)CCN12. The Morgan fingerprint density at radius 3 is 2.72 bits per heavy atom. The number of methoxy groups -OCH3 is 1. The van der Waals surface area contributed by atoms with Gasteiger partial charge in [0.1, 0.15) is 0 Å². The number of hydrogen-bond acceptors (Lipinski definition) is 9. The number of nitrogens with zero attached hydrogens (tertiary/aromatic N) is 2. The van der Waals surface area contributed by atoms with Crippen LogP contribution in [0, 0.1) is 0 Å². The predicted octanol–water partition coefficient (Wildman–Crippen LogP) is 1.88. The molecule has 0 atom stereocenters. The van der Waals surface area contributed by atoms with Crippen LogP contribution < -0.4 is 10.2 Å². The fourth-order valence-corrected chi connectivity index (χ4v) is 5.43. The number of nitrogens with one attached hydrogen (secondary N) is 1. The standard InChI is InChI=1S/C20H17N3O7S2/c1-29-19(26)13-4-2-3-5-14(13)21-17(24)11-30-18(25)12-6-7-15-16(10-12)31-20-22-32(27,28)9-8-23(15)20/h2-7,10H,8-9,11H2,1H3,(H,21,24). The van der Waals surface area contributed by atoms with Crippen molar-refractivity contribution in [3.8, 4) is 0 Å². The van der Waals surface area contributed by atoms with E-state index in [1.807, 2.05) is 0 Å². The van der Waals surface area contributed by atoms with Crippen molar-refractivity contribution in [2.24, 2.45) is 4.40 Å². The van der Waals surface area contributed by atoms with E-state index in [1.54, 1.807) is 29.2 Å². The van der Waals surface area contributed by atoms with Gasteiger partial charge in [-0.25, -0.2) is 18.0 Å². The topological polar surface area (TPSA) is 131 Å². The van der Waals surface area contributed by atoms with Crippen LogP contribution in [0.4, 0.5) is 11.4 Å². The summed E-state index contributed by atoms with van der Waals surface area (Å²) in [6, 6.07) is 11.1. The largest absolute Gasteiger partial charge is 0.465 e. The molecule has 2 aliphatic rings. The van der Waals surface area contributed by atoms with Gasteiger partial charge in [-0.3, -0.25) is 4.79 Å². The van der Waals surface area contributed by atoms with Crippen LogP contribution in [-0.4, -0.2) is 57.4 Å². The lowest BCUT2D eigenvalue weighted by Gasteiger charge is -2.22. The molecule has 2 aromatic carbocycles. The monoisotopic (exact) mass is 475 g/mol. The minimum atomic E-state index is -3.47. The third-order valence-corrected chi connectivity index (χ3v) is 6.96. The smallest absolute Gasteiger partial charge is 0.339 e. The molecule has 1 amide bonds. The molecule has 0 spiro atoms. The minimum Gasteiger partial charge on any atom is -0.465 e. The Labute approximate surface area is 187 Å². The summed E-state index contributed by atoms with van der Waals surface area (Å²) in [6.07, 6.45) is 0. The number of amidine groups is 1. The number of rotatable bonds is 5. The van der Waals surface area contributed by atoms with Gasteiger partial charge in [-0.05, 0) is 42.1 Å². The number of thioether (sulfide) groups is 1. The number of ether oxygens (including phenoxy) is 2. The summed E-state index contributed by atoms with van der Waals surface area (Å²) in [5.74, 6) is -2.03. The summed E-state index contributed by atoms with van der Waals surface area (Å²) in [5, 5.41) is 2.86. The van der Waals surface area contributed by atoms with Crippen molar-refractivity contribution in [1.82, 2.24) is 0 Å². The highest BCUT2D eigenvalue weighted by Gasteiger charge is 2.33. The van der Waals surface area contributed by atoms with Crippen LogP contribution >= 0.6 is 11.8 Å². The number of hydrogen-bond donors (Lipinski definition) is 1. The molecular formula is C20H17N3O7S2. The van der Waals surface area contributed by atoms with E-state index in [0.717, 1.165) is 17.4 Å². The molecule has 2 aliphatic heterocycles. The number of para-hydroxylation sites is 1. The molecule has 2 heterocycles. The van der Waals surface area contributed by atoms with Gasteiger partial charge in [0.25, 0.3) is 15.9 Å². The van der Waals surface area contributed by atoms with E-state index in [9.17, 15) is 22.8 Å². The maximum atomic E-state index is 12.4. The first kappa shape index (κ1) is 21.8. The molecule has 0 radical (unpaired) electrons. The molecule has 32 heavy (non-hydrogen) atoms. The lowest BCUT2D eigenvalue weighted by atomic mass is 10.2. The van der Waals surface area contributed by atoms with Crippen molar-refractivity contribution in [1.29, 1.82) is 0 Å². The second-order valence-electron chi connectivity index (χ2n) is 6.76. The number of anilines is 2. The summed E-state index contributed by atoms with van der Waals surface area (Å²) >= 11 is 1.15. The molecule has 4 rings (SSSR count). The number of esters is 2. The molecule has 0 fully saturated rings. The van der Waals surface area contributed by atoms with Crippen LogP contribution in [0.15, 0.2) is 51.8 Å². The Morgan fingerprint density at radius 2 is 1.94 bits per heavy atom. The zero-order valence-electron chi connectivity index (χ0n) is 16.7. The normalized spacial score (nSPS) is 15.8. The van der Waals surface area contributed by atoms with Gasteiger partial charge in [0.05, 0.1) is 35.4 Å². The quantitative estimate of drug-likeness (QED) is 0.644. The van der Waals surface area contributed by atoms with E-state index in [0.29, 0.717) is 10.1 Å². The average molecular weight is 476 g/mol. The highest BCUT2D eigenvalue weighted by Crippen LogP contribution is 2.42. The van der Waals surface area contributed by atoms with Crippen molar-refractivity contribution in [2.45, 2.75) is 4.90 Å². The number of amides is 1. The summed E-state index contributed by atoms with van der Waals surface area (Å²) in [6.45, 7) is -0.270. The van der Waals surface area contributed by atoms with Gasteiger partial charge in [0, 0.05) is 11.4 Å². The molecule has 2 aromatic rings. The molecule has 1 N–H and O–H groups in total. The molecule has 0 aliphatic carbocycles. The van der Waals surface area contributed by atoms with Crippen molar-refractivity contribution in [3.63, 3.8) is 0 Å². The van der Waals surface area contributed by atoms with E-state index in [-0.39, 0.29) is 29.1 Å². The zero-order chi connectivity index (χ0) is 22.9. The fourth-order valence-electron chi connectivity index (χ4n) is 3.14. The minimum absolute atomic E-state index is 0.0749. The van der Waals surface area contributed by atoms with Crippen LogP contribution in [-0.2, 0) is 24.3 Å². The summed E-state index contributed by atoms with van der Waals surface area (Å²) < 4.78 is 36.9. The van der Waals surface area contributed by atoms with Gasteiger partial charge in [0.15, 0.2) is 11.8 Å². The number of fused-ring (bicyclic) bond motifs is 3. The lowest BCUT2D eigenvalue weighted by molar-refractivity contribution is -0.119. The molecular weight excluding hydrogens is 458 g/mol. The molecule has 0 saturated heterocycles. The first-order valence-electron chi connectivity index (χ1n) is 9.34. The average Bonchev–Trinajstić information content (AvgIpc) is 3.12. The van der Waals surface area contributed by atoms with Crippen molar-refractivity contribution >= 4 is 56.2 Å². The summed E-state index contributed by atoms with van der Waals surface area (Å²) in [5.41, 5.74) is 1.38. The molecule has 12 heteroatoms. The van der Waals surface area contributed by atoms with Gasteiger partial charge in [-0.15, -0.1) is 4.40 Å². The first-order chi connectivity index (χ1) is 15.3. The van der Waals surface area contributed by atoms with Gasteiger partial charge in [0.2, 0.25) is 0 Å². The number of benzene rings is 2. The third kappa shape index (κ3) is 4.46. The van der Waals surface area contributed by atoms with E-state index in [2.05, 4.69) is 14.5 Å². The molecule has 0 unspecified atom stereocenters. The van der Waals surface area contributed by atoms with Gasteiger partial charge >= 0.3 is 11.9 Å². The fraction of sp³-hybridized carbons (Fsp3) is 0.200. The Balaban J connectivity index is 1.40. The van der Waals surface area contributed by atoms with Crippen molar-refractivity contribution in [3.05, 3.63) is 53.6 Å². The Kier molecular flexibility index (Phi) is 5.89. The van der Waals surface area contributed by atoms with Gasteiger partial charge in [-0.1, -0.05) is 12.1 Å². The summed E-state index contributed by atoms with van der Waals surface area (Å²) in [4.78, 5) is 38.9. The highest BCUT2D eigenvalue weighted by atomic mass is 32.2. The van der Waals surface area contributed by atoms with E-state index >= 15 is 0 Å². The van der Waals surface area contributed by atoms with Crippen LogP contribution in [0.25, 0.3) is 0 Å². The third-order valence-electron chi connectivity index (χ3n) is 4.65. The van der Waals surface area contributed by atoms with Gasteiger partial charge < -0.3 is 19.7 Å². The molecule has 166 valence electrons. The maximum Gasteiger partial charge on any atom is 0.339 e. The summed E-state index contributed by atoms with van der Waals surface area (Å²) in [7, 11) is -2.24.